The average Bonchev–Trinajstić information content (AvgIpc) is 2.17. The quantitative estimate of drug-likeness (QED) is 0.599. The minimum Gasteiger partial charge on any atom is -0.312 e. The summed E-state index contributed by atoms with van der Waals surface area (Å²) in [6.45, 7) is 0. The molecule has 0 aliphatic carbocycles. The van der Waals surface area contributed by atoms with Gasteiger partial charge in [-0.3, -0.25) is 4.98 Å². The first-order valence-electron chi connectivity index (χ1n) is 3.39. The molecule has 0 saturated heterocycles. The second-order valence-corrected chi connectivity index (χ2v) is 3.20. The molecule has 1 heterocycles. The summed E-state index contributed by atoms with van der Waals surface area (Å²) in [5, 5.41) is 14.6. The molecular weight excluding hydrogens is 218 g/mol. The molecule has 0 aromatic carbocycles. The van der Waals surface area contributed by atoms with Crippen LogP contribution >= 0.6 is 15.9 Å². The van der Waals surface area contributed by atoms with Crippen molar-refractivity contribution in [3.63, 3.8) is 0 Å². The number of aromatic nitrogens is 1. The summed E-state index contributed by atoms with van der Waals surface area (Å²) in [5.41, 5.74) is 1.17. The van der Waals surface area contributed by atoms with Crippen LogP contribution in [0.2, 0.25) is 0 Å². The second-order valence-electron chi connectivity index (χ2n) is 2.22. The van der Waals surface area contributed by atoms with Gasteiger partial charge in [0.15, 0.2) is 0 Å². The molecule has 2 N–H and O–H groups in total. The van der Waals surface area contributed by atoms with Gasteiger partial charge in [-0.05, 0) is 17.7 Å². The van der Waals surface area contributed by atoms with Crippen molar-refractivity contribution in [3.05, 3.63) is 30.1 Å². The zero-order valence-corrected chi connectivity index (χ0v) is 7.88. The molecule has 3 nitrogen and oxygen atoms in total. The molecule has 1 aromatic rings. The van der Waals surface area contributed by atoms with E-state index in [1.54, 1.807) is 24.5 Å². The molecular formula is C8H8BrN3. The third-order valence-electron chi connectivity index (χ3n) is 1.41. The highest BCUT2D eigenvalue weighted by molar-refractivity contribution is 9.10. The Morgan fingerprint density at radius 2 is 2.08 bits per heavy atom. The van der Waals surface area contributed by atoms with Crippen molar-refractivity contribution in [1.29, 1.82) is 10.8 Å². The summed E-state index contributed by atoms with van der Waals surface area (Å²) >= 11 is 3.19. The molecule has 0 bridgehead atoms. The topological polar surface area (TPSA) is 60.6 Å². The molecule has 0 aliphatic heterocycles. The molecule has 0 saturated carbocycles. The van der Waals surface area contributed by atoms with Crippen LogP contribution in [0.5, 0.6) is 0 Å². The number of hydrogen-bond acceptors (Lipinski definition) is 3. The van der Waals surface area contributed by atoms with Crippen LogP contribution in [0, 0.1) is 10.8 Å². The summed E-state index contributed by atoms with van der Waals surface area (Å²) in [7, 11) is 0. The van der Waals surface area contributed by atoms with E-state index < -0.39 is 0 Å². The first kappa shape index (κ1) is 9.06. The van der Waals surface area contributed by atoms with Crippen LogP contribution in [-0.4, -0.2) is 21.7 Å². The Hall–Kier alpha value is -1.03. The van der Waals surface area contributed by atoms with Crippen LogP contribution in [0.25, 0.3) is 0 Å². The van der Waals surface area contributed by atoms with Gasteiger partial charge in [0.05, 0.1) is 10.5 Å². The van der Waals surface area contributed by atoms with E-state index in [0.29, 0.717) is 5.71 Å². The molecule has 1 rings (SSSR count). The van der Waals surface area contributed by atoms with E-state index in [0.717, 1.165) is 5.56 Å². The smallest absolute Gasteiger partial charge is 0.0911 e. The Labute approximate surface area is 79.0 Å². The van der Waals surface area contributed by atoms with Crippen molar-refractivity contribution in [2.45, 2.75) is 4.83 Å². The lowest BCUT2D eigenvalue weighted by Crippen LogP contribution is -2.14. The van der Waals surface area contributed by atoms with Gasteiger partial charge < -0.3 is 10.8 Å². The Morgan fingerprint density at radius 1 is 1.50 bits per heavy atom. The molecule has 4 heteroatoms. The fourth-order valence-electron chi connectivity index (χ4n) is 0.774. The summed E-state index contributed by atoms with van der Waals surface area (Å²) in [6.07, 6.45) is 4.45. The molecule has 0 radical (unpaired) electrons. The van der Waals surface area contributed by atoms with E-state index in [9.17, 15) is 0 Å². The standard InChI is InChI=1S/C8H8BrN3/c9-7(5-10)8(11)6-1-3-12-4-2-6/h1-5,7,10-11H. The van der Waals surface area contributed by atoms with Crippen LogP contribution in [0.15, 0.2) is 24.5 Å². The number of nitrogens with zero attached hydrogens (tertiary/aromatic N) is 1. The van der Waals surface area contributed by atoms with E-state index in [-0.39, 0.29) is 4.83 Å². The van der Waals surface area contributed by atoms with Crippen LogP contribution in [0.4, 0.5) is 0 Å². The van der Waals surface area contributed by atoms with Gasteiger partial charge in [-0.25, -0.2) is 0 Å². The summed E-state index contributed by atoms with van der Waals surface area (Å²) in [4.78, 5) is 3.54. The van der Waals surface area contributed by atoms with Crippen LogP contribution in [0.3, 0.4) is 0 Å². The first-order valence-corrected chi connectivity index (χ1v) is 4.30. The van der Waals surface area contributed by atoms with Crippen molar-refractivity contribution in [2.75, 3.05) is 0 Å². The lowest BCUT2D eigenvalue weighted by atomic mass is 10.1. The van der Waals surface area contributed by atoms with E-state index >= 15 is 0 Å². The van der Waals surface area contributed by atoms with Gasteiger partial charge in [-0.2, -0.15) is 0 Å². The number of hydrogen-bond donors (Lipinski definition) is 2. The third-order valence-corrected chi connectivity index (χ3v) is 2.14. The minimum atomic E-state index is -0.306. The van der Waals surface area contributed by atoms with Gasteiger partial charge in [0.1, 0.15) is 0 Å². The molecule has 0 aliphatic rings. The predicted molar refractivity (Wildman–Crippen MR) is 52.6 cm³/mol. The number of alkyl halides is 1. The van der Waals surface area contributed by atoms with E-state index in [2.05, 4.69) is 20.9 Å². The predicted octanol–water partition coefficient (Wildman–Crippen LogP) is 1.86. The Bertz CT molecular complexity index is 284. The summed E-state index contributed by atoms with van der Waals surface area (Å²) in [6, 6.07) is 3.50. The maximum Gasteiger partial charge on any atom is 0.0911 e. The summed E-state index contributed by atoms with van der Waals surface area (Å²) < 4.78 is 0. The lowest BCUT2D eigenvalue weighted by Gasteiger charge is -2.04. The first-order chi connectivity index (χ1) is 5.75. The Morgan fingerprint density at radius 3 is 2.58 bits per heavy atom. The van der Waals surface area contributed by atoms with Gasteiger partial charge in [0.2, 0.25) is 0 Å². The van der Waals surface area contributed by atoms with Gasteiger partial charge in [0, 0.05) is 18.6 Å². The molecule has 1 aromatic heterocycles. The maximum absolute atomic E-state index is 7.61. The largest absolute Gasteiger partial charge is 0.312 e. The fourth-order valence-corrected chi connectivity index (χ4v) is 1.04. The van der Waals surface area contributed by atoms with Crippen molar-refractivity contribution in [1.82, 2.24) is 4.98 Å². The van der Waals surface area contributed by atoms with Gasteiger partial charge >= 0.3 is 0 Å². The lowest BCUT2D eigenvalue weighted by molar-refractivity contribution is 1.30. The molecule has 1 unspecified atom stereocenters. The van der Waals surface area contributed by atoms with Crippen LogP contribution in [0.1, 0.15) is 5.56 Å². The minimum absolute atomic E-state index is 0.306. The number of rotatable bonds is 3. The van der Waals surface area contributed by atoms with Gasteiger partial charge in [-0.15, -0.1) is 0 Å². The third kappa shape index (κ3) is 1.98. The van der Waals surface area contributed by atoms with E-state index in [1.165, 1.54) is 6.21 Å². The molecule has 0 fully saturated rings. The fraction of sp³-hybridized carbons (Fsp3) is 0.125. The number of nitrogens with one attached hydrogen (secondary N) is 2. The van der Waals surface area contributed by atoms with Crippen molar-refractivity contribution in [3.8, 4) is 0 Å². The SMILES string of the molecule is N=CC(Br)C(=N)c1ccncc1. The highest BCUT2D eigenvalue weighted by Crippen LogP contribution is 2.06. The molecule has 1 atom stereocenters. The monoisotopic (exact) mass is 225 g/mol. The molecule has 12 heavy (non-hydrogen) atoms. The van der Waals surface area contributed by atoms with Crippen LogP contribution < -0.4 is 0 Å². The number of pyridine rings is 1. The normalized spacial score (nSPS) is 12.1. The highest BCUT2D eigenvalue weighted by Gasteiger charge is 2.08. The molecule has 62 valence electrons. The van der Waals surface area contributed by atoms with Gasteiger partial charge in [0.25, 0.3) is 0 Å². The highest BCUT2D eigenvalue weighted by atomic mass is 79.9. The molecule has 0 spiro atoms. The average molecular weight is 226 g/mol. The van der Waals surface area contributed by atoms with Crippen molar-refractivity contribution in [2.24, 2.45) is 0 Å². The van der Waals surface area contributed by atoms with Crippen molar-refractivity contribution >= 4 is 27.9 Å². The number of halogens is 1. The Kier molecular flexibility index (Phi) is 3.10. The van der Waals surface area contributed by atoms with Gasteiger partial charge in [-0.1, -0.05) is 15.9 Å². The zero-order chi connectivity index (χ0) is 8.97. The maximum atomic E-state index is 7.61. The van der Waals surface area contributed by atoms with E-state index in [1.807, 2.05) is 0 Å². The Balaban J connectivity index is 2.85. The van der Waals surface area contributed by atoms with Crippen LogP contribution in [-0.2, 0) is 0 Å². The van der Waals surface area contributed by atoms with E-state index in [4.69, 9.17) is 10.8 Å². The summed E-state index contributed by atoms with van der Waals surface area (Å²) in [5.74, 6) is 0. The second kappa shape index (κ2) is 4.11. The molecule has 0 amide bonds. The van der Waals surface area contributed by atoms with Crippen molar-refractivity contribution < 1.29 is 0 Å². The zero-order valence-electron chi connectivity index (χ0n) is 6.29.